The molecule has 1 rings (SSSR count). The largest absolute Gasteiger partial charge is 0.481 e. The van der Waals surface area contributed by atoms with Crippen molar-refractivity contribution < 1.29 is 14.7 Å². The quantitative estimate of drug-likeness (QED) is 0.877. The van der Waals surface area contributed by atoms with Crippen molar-refractivity contribution in [1.29, 1.82) is 0 Å². The van der Waals surface area contributed by atoms with Gasteiger partial charge in [0.25, 0.3) is 5.91 Å². The van der Waals surface area contributed by atoms with E-state index >= 15 is 0 Å². The summed E-state index contributed by atoms with van der Waals surface area (Å²) in [6.45, 7) is 3.77. The molecule has 0 spiro atoms. The third kappa shape index (κ3) is 4.12. The van der Waals surface area contributed by atoms with E-state index in [1.165, 1.54) is 11.3 Å². The molecule has 0 aliphatic carbocycles. The van der Waals surface area contributed by atoms with Gasteiger partial charge in [-0.15, -0.1) is 11.3 Å². The number of rotatable bonds is 5. The number of amides is 1. The molecule has 0 saturated carbocycles. The molecule has 94 valence electrons. The zero-order valence-corrected chi connectivity index (χ0v) is 12.0. The van der Waals surface area contributed by atoms with Crippen molar-refractivity contribution in [1.82, 2.24) is 5.32 Å². The molecule has 0 aliphatic rings. The number of hydrogen-bond acceptors (Lipinski definition) is 3. The lowest BCUT2D eigenvalue weighted by Gasteiger charge is -2.20. The number of nitrogens with one attached hydrogen (secondary N) is 1. The van der Waals surface area contributed by atoms with E-state index in [1.54, 1.807) is 11.4 Å². The molecule has 4 nitrogen and oxygen atoms in total. The maximum absolute atomic E-state index is 11.9. The van der Waals surface area contributed by atoms with Crippen molar-refractivity contribution in [2.45, 2.75) is 26.3 Å². The molecular formula is C11H14BrNO3S. The van der Waals surface area contributed by atoms with Crippen LogP contribution in [-0.4, -0.2) is 23.0 Å². The van der Waals surface area contributed by atoms with E-state index in [2.05, 4.69) is 21.2 Å². The molecule has 2 N–H and O–H groups in total. The molecule has 0 saturated heterocycles. The summed E-state index contributed by atoms with van der Waals surface area (Å²) in [6, 6.07) is 1.44. The monoisotopic (exact) mass is 319 g/mol. The molecule has 0 fully saturated rings. The zero-order chi connectivity index (χ0) is 13.0. The van der Waals surface area contributed by atoms with E-state index < -0.39 is 5.97 Å². The van der Waals surface area contributed by atoms with E-state index in [4.69, 9.17) is 5.11 Å². The number of carbonyl (C=O) groups excluding carboxylic acids is 1. The highest BCUT2D eigenvalue weighted by atomic mass is 79.9. The molecule has 1 atom stereocenters. The van der Waals surface area contributed by atoms with Gasteiger partial charge >= 0.3 is 5.97 Å². The smallest absolute Gasteiger partial charge is 0.305 e. The first kappa shape index (κ1) is 14.2. The Balaban J connectivity index is 2.71. The Kier molecular flexibility index (Phi) is 5.14. The van der Waals surface area contributed by atoms with Crippen LogP contribution in [0.5, 0.6) is 0 Å². The second-order valence-corrected chi connectivity index (χ2v) is 5.79. The first-order chi connectivity index (χ1) is 7.91. The van der Waals surface area contributed by atoms with Gasteiger partial charge < -0.3 is 10.4 Å². The fourth-order valence-electron chi connectivity index (χ4n) is 1.33. The van der Waals surface area contributed by atoms with Crippen molar-refractivity contribution in [3.63, 3.8) is 0 Å². The summed E-state index contributed by atoms with van der Waals surface area (Å²) < 4.78 is 0.734. The second-order valence-electron chi connectivity index (χ2n) is 4.02. The van der Waals surface area contributed by atoms with Crippen molar-refractivity contribution in [3.05, 3.63) is 20.8 Å². The van der Waals surface area contributed by atoms with Crippen LogP contribution in [0, 0.1) is 5.92 Å². The normalized spacial score (nSPS) is 12.5. The van der Waals surface area contributed by atoms with Crippen LogP contribution in [-0.2, 0) is 4.79 Å². The standard InChI is InChI=1S/C11H14BrNO3S/c1-6(2)8(5-9(14)15)13-11(16)10-7(12)3-4-17-10/h3-4,6,8H,5H2,1-2H3,(H,13,16)(H,14,15). The number of carbonyl (C=O) groups is 2. The van der Waals surface area contributed by atoms with Crippen LogP contribution < -0.4 is 5.32 Å². The topological polar surface area (TPSA) is 66.4 Å². The highest BCUT2D eigenvalue weighted by molar-refractivity contribution is 9.10. The SMILES string of the molecule is CC(C)C(CC(=O)O)NC(=O)c1sccc1Br. The molecule has 0 bridgehead atoms. The van der Waals surface area contributed by atoms with Crippen LogP contribution in [0.15, 0.2) is 15.9 Å². The molecule has 1 aromatic heterocycles. The maximum atomic E-state index is 11.9. The van der Waals surface area contributed by atoms with Gasteiger partial charge in [0.1, 0.15) is 4.88 Å². The summed E-state index contributed by atoms with van der Waals surface area (Å²) in [7, 11) is 0. The van der Waals surface area contributed by atoms with Gasteiger partial charge in [0.2, 0.25) is 0 Å². The van der Waals surface area contributed by atoms with Gasteiger partial charge in [-0.2, -0.15) is 0 Å². The Bertz CT molecular complexity index is 417. The lowest BCUT2D eigenvalue weighted by molar-refractivity contribution is -0.137. The van der Waals surface area contributed by atoms with Gasteiger partial charge in [-0.25, -0.2) is 0 Å². The van der Waals surface area contributed by atoms with E-state index in [0.717, 1.165) is 4.47 Å². The molecule has 1 amide bonds. The number of aliphatic carboxylic acids is 1. The van der Waals surface area contributed by atoms with Gasteiger partial charge in [0, 0.05) is 10.5 Å². The Morgan fingerprint density at radius 1 is 1.53 bits per heavy atom. The molecule has 0 aliphatic heterocycles. The van der Waals surface area contributed by atoms with Crippen LogP contribution in [0.1, 0.15) is 29.9 Å². The summed E-state index contributed by atoms with van der Waals surface area (Å²) in [5, 5.41) is 13.3. The van der Waals surface area contributed by atoms with Crippen molar-refractivity contribution in [2.24, 2.45) is 5.92 Å². The van der Waals surface area contributed by atoms with Crippen LogP contribution >= 0.6 is 27.3 Å². The third-order valence-corrected chi connectivity index (χ3v) is 4.18. The second kappa shape index (κ2) is 6.16. The summed E-state index contributed by atoms with van der Waals surface area (Å²) in [5.74, 6) is -1.06. The highest BCUT2D eigenvalue weighted by Gasteiger charge is 2.21. The van der Waals surface area contributed by atoms with E-state index in [-0.39, 0.29) is 24.3 Å². The highest BCUT2D eigenvalue weighted by Crippen LogP contribution is 2.22. The van der Waals surface area contributed by atoms with Crippen molar-refractivity contribution >= 4 is 39.1 Å². The Morgan fingerprint density at radius 2 is 2.18 bits per heavy atom. The number of carboxylic acid groups (broad SMARTS) is 1. The average Bonchev–Trinajstić information content (AvgIpc) is 2.62. The van der Waals surface area contributed by atoms with Gasteiger partial charge in [-0.05, 0) is 33.3 Å². The molecule has 6 heteroatoms. The minimum Gasteiger partial charge on any atom is -0.481 e. The lowest BCUT2D eigenvalue weighted by atomic mass is 10.0. The maximum Gasteiger partial charge on any atom is 0.305 e. The lowest BCUT2D eigenvalue weighted by Crippen LogP contribution is -2.39. The Morgan fingerprint density at radius 3 is 2.59 bits per heavy atom. The molecule has 0 radical (unpaired) electrons. The van der Waals surface area contributed by atoms with E-state index in [9.17, 15) is 9.59 Å². The summed E-state index contributed by atoms with van der Waals surface area (Å²) in [6.07, 6.45) is -0.0631. The van der Waals surface area contributed by atoms with E-state index in [1.807, 2.05) is 13.8 Å². The number of hydrogen-bond donors (Lipinski definition) is 2. The van der Waals surface area contributed by atoms with Crippen LogP contribution in [0.2, 0.25) is 0 Å². The average molecular weight is 320 g/mol. The molecule has 0 aromatic carbocycles. The predicted molar refractivity (Wildman–Crippen MR) is 70.4 cm³/mol. The summed E-state index contributed by atoms with van der Waals surface area (Å²) in [4.78, 5) is 23.2. The molecule has 17 heavy (non-hydrogen) atoms. The summed E-state index contributed by atoms with van der Waals surface area (Å²) in [5.41, 5.74) is 0. The predicted octanol–water partition coefficient (Wildman–Crippen LogP) is 2.74. The Hall–Kier alpha value is -0.880. The fourth-order valence-corrected chi connectivity index (χ4v) is 2.79. The minimum absolute atomic E-state index is 0.0631. The van der Waals surface area contributed by atoms with Gasteiger partial charge in [-0.1, -0.05) is 13.8 Å². The van der Waals surface area contributed by atoms with Gasteiger partial charge in [0.15, 0.2) is 0 Å². The van der Waals surface area contributed by atoms with E-state index in [0.29, 0.717) is 4.88 Å². The molecule has 1 heterocycles. The minimum atomic E-state index is -0.908. The molecule has 1 aromatic rings. The number of thiophene rings is 1. The van der Waals surface area contributed by atoms with Crippen LogP contribution in [0.3, 0.4) is 0 Å². The number of carboxylic acids is 1. The zero-order valence-electron chi connectivity index (χ0n) is 9.57. The molecular weight excluding hydrogens is 306 g/mol. The van der Waals surface area contributed by atoms with Crippen LogP contribution in [0.25, 0.3) is 0 Å². The third-order valence-electron chi connectivity index (χ3n) is 2.34. The fraction of sp³-hybridized carbons (Fsp3) is 0.455. The van der Waals surface area contributed by atoms with Crippen molar-refractivity contribution in [2.75, 3.05) is 0 Å². The van der Waals surface area contributed by atoms with Crippen LogP contribution in [0.4, 0.5) is 0 Å². The molecule has 1 unspecified atom stereocenters. The Labute approximate surface area is 112 Å². The first-order valence-electron chi connectivity index (χ1n) is 5.17. The summed E-state index contributed by atoms with van der Waals surface area (Å²) >= 11 is 4.60. The van der Waals surface area contributed by atoms with Gasteiger partial charge in [-0.3, -0.25) is 9.59 Å². The number of halogens is 1. The van der Waals surface area contributed by atoms with Gasteiger partial charge in [0.05, 0.1) is 6.42 Å². The van der Waals surface area contributed by atoms with Crippen molar-refractivity contribution in [3.8, 4) is 0 Å². The first-order valence-corrected chi connectivity index (χ1v) is 6.84.